The number of rotatable bonds is 7. The van der Waals surface area contributed by atoms with Gasteiger partial charge in [0.15, 0.2) is 0 Å². The zero-order valence-electron chi connectivity index (χ0n) is 17.4. The fourth-order valence-corrected chi connectivity index (χ4v) is 3.82. The SMILES string of the molecule is COc1ccc(-c2noc(CNC(=O)C3CCN(Cc4ccc(Cl)cc4)CC3)n2)cc1. The Balaban J connectivity index is 1.23. The van der Waals surface area contributed by atoms with E-state index in [1.165, 1.54) is 5.56 Å². The Morgan fingerprint density at radius 3 is 2.55 bits per heavy atom. The molecular formula is C23H25ClN4O3. The van der Waals surface area contributed by atoms with E-state index in [4.69, 9.17) is 20.9 Å². The lowest BCUT2D eigenvalue weighted by atomic mass is 9.95. The molecule has 31 heavy (non-hydrogen) atoms. The molecular weight excluding hydrogens is 416 g/mol. The molecule has 7 nitrogen and oxygen atoms in total. The standard InChI is InChI=1S/C23H25ClN4O3/c1-30-20-8-4-17(5-9-20)22-26-21(31-27-22)14-25-23(29)18-10-12-28(13-11-18)15-16-2-6-19(24)7-3-16/h2-9,18H,10-15H2,1H3,(H,25,29). The minimum Gasteiger partial charge on any atom is -0.497 e. The van der Waals surface area contributed by atoms with Gasteiger partial charge in [-0.3, -0.25) is 9.69 Å². The van der Waals surface area contributed by atoms with Crippen LogP contribution in [0.25, 0.3) is 11.4 Å². The van der Waals surface area contributed by atoms with E-state index < -0.39 is 0 Å². The predicted octanol–water partition coefficient (Wildman–Crippen LogP) is 3.93. The summed E-state index contributed by atoms with van der Waals surface area (Å²) < 4.78 is 10.4. The van der Waals surface area contributed by atoms with E-state index in [0.29, 0.717) is 11.7 Å². The van der Waals surface area contributed by atoms with Crippen LogP contribution in [-0.4, -0.2) is 41.1 Å². The molecule has 1 amide bonds. The first-order valence-corrected chi connectivity index (χ1v) is 10.7. The minimum atomic E-state index is 0.00504. The van der Waals surface area contributed by atoms with E-state index in [1.807, 2.05) is 48.5 Å². The smallest absolute Gasteiger partial charge is 0.246 e. The maximum atomic E-state index is 12.6. The van der Waals surface area contributed by atoms with E-state index in [0.717, 1.165) is 48.8 Å². The number of benzene rings is 2. The van der Waals surface area contributed by atoms with Crippen molar-refractivity contribution in [1.29, 1.82) is 0 Å². The minimum absolute atomic E-state index is 0.00504. The van der Waals surface area contributed by atoms with Gasteiger partial charge in [0.05, 0.1) is 13.7 Å². The van der Waals surface area contributed by atoms with Gasteiger partial charge in [0, 0.05) is 23.0 Å². The Kier molecular flexibility index (Phi) is 6.84. The molecule has 3 aromatic rings. The van der Waals surface area contributed by atoms with Gasteiger partial charge in [0.25, 0.3) is 0 Å². The van der Waals surface area contributed by atoms with Crippen molar-refractivity contribution in [3.05, 3.63) is 65.0 Å². The van der Waals surface area contributed by atoms with Gasteiger partial charge >= 0.3 is 0 Å². The molecule has 0 aliphatic carbocycles. The van der Waals surface area contributed by atoms with Crippen molar-refractivity contribution in [3.8, 4) is 17.1 Å². The number of nitrogens with zero attached hydrogens (tertiary/aromatic N) is 3. The molecule has 0 unspecified atom stereocenters. The molecule has 0 atom stereocenters. The summed E-state index contributed by atoms with van der Waals surface area (Å²) in [4.78, 5) is 19.3. The van der Waals surface area contributed by atoms with E-state index in [1.54, 1.807) is 7.11 Å². The number of hydrogen-bond donors (Lipinski definition) is 1. The van der Waals surface area contributed by atoms with Crippen LogP contribution in [0.15, 0.2) is 53.1 Å². The molecule has 1 aliphatic heterocycles. The highest BCUT2D eigenvalue weighted by Gasteiger charge is 2.25. The third kappa shape index (κ3) is 5.62. The highest BCUT2D eigenvalue weighted by molar-refractivity contribution is 6.30. The highest BCUT2D eigenvalue weighted by Crippen LogP contribution is 2.21. The molecule has 0 saturated carbocycles. The van der Waals surface area contributed by atoms with Gasteiger partial charge in [-0.05, 0) is 67.9 Å². The lowest BCUT2D eigenvalue weighted by molar-refractivity contribution is -0.126. The number of likely N-dealkylation sites (tertiary alicyclic amines) is 1. The summed E-state index contributed by atoms with van der Waals surface area (Å²) in [6.45, 7) is 2.89. The summed E-state index contributed by atoms with van der Waals surface area (Å²) in [7, 11) is 1.62. The third-order valence-electron chi connectivity index (χ3n) is 5.51. The lowest BCUT2D eigenvalue weighted by Gasteiger charge is -2.31. The summed E-state index contributed by atoms with van der Waals surface area (Å²) in [6.07, 6.45) is 1.67. The Hall–Kier alpha value is -2.90. The summed E-state index contributed by atoms with van der Waals surface area (Å²) >= 11 is 5.95. The second kappa shape index (κ2) is 9.94. The summed E-state index contributed by atoms with van der Waals surface area (Å²) in [6, 6.07) is 15.3. The van der Waals surface area contributed by atoms with Crippen LogP contribution >= 0.6 is 11.6 Å². The van der Waals surface area contributed by atoms with Gasteiger partial charge in [-0.25, -0.2) is 0 Å². The third-order valence-corrected chi connectivity index (χ3v) is 5.76. The molecule has 1 N–H and O–H groups in total. The summed E-state index contributed by atoms with van der Waals surface area (Å²) in [5, 5.41) is 7.68. The van der Waals surface area contributed by atoms with Crippen LogP contribution in [0.3, 0.4) is 0 Å². The molecule has 2 heterocycles. The van der Waals surface area contributed by atoms with Crippen molar-refractivity contribution in [2.75, 3.05) is 20.2 Å². The van der Waals surface area contributed by atoms with E-state index in [2.05, 4.69) is 20.4 Å². The number of aromatic nitrogens is 2. The van der Waals surface area contributed by atoms with Crippen molar-refractivity contribution in [2.45, 2.75) is 25.9 Å². The van der Waals surface area contributed by atoms with Gasteiger partial charge in [-0.2, -0.15) is 4.98 Å². The fourth-order valence-electron chi connectivity index (χ4n) is 3.69. The van der Waals surface area contributed by atoms with Crippen molar-refractivity contribution >= 4 is 17.5 Å². The zero-order valence-corrected chi connectivity index (χ0v) is 18.1. The molecule has 0 spiro atoms. The molecule has 162 valence electrons. The first-order valence-electron chi connectivity index (χ1n) is 10.3. The number of halogens is 1. The monoisotopic (exact) mass is 440 g/mol. The van der Waals surface area contributed by atoms with Gasteiger partial charge in [0.2, 0.25) is 17.6 Å². The van der Waals surface area contributed by atoms with Crippen molar-refractivity contribution in [3.63, 3.8) is 0 Å². The topological polar surface area (TPSA) is 80.5 Å². The zero-order chi connectivity index (χ0) is 21.6. The predicted molar refractivity (Wildman–Crippen MR) is 118 cm³/mol. The van der Waals surface area contributed by atoms with Crippen LogP contribution < -0.4 is 10.1 Å². The Morgan fingerprint density at radius 1 is 1.16 bits per heavy atom. The number of hydrogen-bond acceptors (Lipinski definition) is 6. The summed E-state index contributed by atoms with van der Waals surface area (Å²) in [5.74, 6) is 1.68. The lowest BCUT2D eigenvalue weighted by Crippen LogP contribution is -2.40. The normalized spacial score (nSPS) is 15.0. The number of ether oxygens (including phenoxy) is 1. The fraction of sp³-hybridized carbons (Fsp3) is 0.348. The highest BCUT2D eigenvalue weighted by atomic mass is 35.5. The van der Waals surface area contributed by atoms with Gasteiger partial charge in [0.1, 0.15) is 5.75 Å². The number of amides is 1. The maximum Gasteiger partial charge on any atom is 0.246 e. The molecule has 2 aromatic carbocycles. The number of carbonyl (C=O) groups is 1. The number of piperidine rings is 1. The van der Waals surface area contributed by atoms with E-state index >= 15 is 0 Å². The van der Waals surface area contributed by atoms with Gasteiger partial charge < -0.3 is 14.6 Å². The molecule has 1 fully saturated rings. The Labute approximate surface area is 186 Å². The molecule has 1 saturated heterocycles. The second-order valence-electron chi connectivity index (χ2n) is 7.63. The number of carbonyl (C=O) groups excluding carboxylic acids is 1. The van der Waals surface area contributed by atoms with Crippen LogP contribution in [0.1, 0.15) is 24.3 Å². The largest absolute Gasteiger partial charge is 0.497 e. The summed E-state index contributed by atoms with van der Waals surface area (Å²) in [5.41, 5.74) is 2.06. The quantitative estimate of drug-likeness (QED) is 0.599. The van der Waals surface area contributed by atoms with Crippen LogP contribution in [0, 0.1) is 5.92 Å². The Bertz CT molecular complexity index is 996. The average molecular weight is 441 g/mol. The average Bonchev–Trinajstić information content (AvgIpc) is 3.29. The first-order chi connectivity index (χ1) is 15.1. The second-order valence-corrected chi connectivity index (χ2v) is 8.07. The van der Waals surface area contributed by atoms with Crippen molar-refractivity contribution < 1.29 is 14.1 Å². The number of nitrogens with one attached hydrogen (secondary N) is 1. The van der Waals surface area contributed by atoms with E-state index in [-0.39, 0.29) is 18.4 Å². The molecule has 4 rings (SSSR count). The molecule has 1 aromatic heterocycles. The Morgan fingerprint density at radius 2 is 1.87 bits per heavy atom. The molecule has 0 bridgehead atoms. The van der Waals surface area contributed by atoms with Crippen LogP contribution in [-0.2, 0) is 17.9 Å². The van der Waals surface area contributed by atoms with E-state index in [9.17, 15) is 4.79 Å². The number of methoxy groups -OCH3 is 1. The van der Waals surface area contributed by atoms with Gasteiger partial charge in [-0.15, -0.1) is 0 Å². The first kappa shape index (κ1) is 21.3. The van der Waals surface area contributed by atoms with Crippen LogP contribution in [0.5, 0.6) is 5.75 Å². The van der Waals surface area contributed by atoms with Crippen molar-refractivity contribution in [1.82, 2.24) is 20.4 Å². The van der Waals surface area contributed by atoms with Gasteiger partial charge in [-0.1, -0.05) is 28.9 Å². The molecule has 8 heteroatoms. The van der Waals surface area contributed by atoms with Crippen molar-refractivity contribution in [2.24, 2.45) is 5.92 Å². The van der Waals surface area contributed by atoms with Crippen LogP contribution in [0.4, 0.5) is 0 Å². The molecule has 1 aliphatic rings. The van der Waals surface area contributed by atoms with Crippen LogP contribution in [0.2, 0.25) is 5.02 Å². The maximum absolute atomic E-state index is 12.6. The molecule has 0 radical (unpaired) electrons.